The van der Waals surface area contributed by atoms with Gasteiger partial charge in [-0.3, -0.25) is 0 Å². The van der Waals surface area contributed by atoms with E-state index in [9.17, 15) is 0 Å². The Morgan fingerprint density at radius 3 is 1.75 bits per heavy atom. The normalized spacial score (nSPS) is 13.9. The van der Waals surface area contributed by atoms with Crippen molar-refractivity contribution < 1.29 is 5.11 Å². The van der Waals surface area contributed by atoms with Gasteiger partial charge in [-0.05, 0) is 51.9 Å². The number of allylic oxidation sites excluding steroid dienone is 6. The van der Waals surface area contributed by atoms with Crippen molar-refractivity contribution in [3.8, 4) is 0 Å². The molecule has 1 nitrogen and oxygen atoms in total. The van der Waals surface area contributed by atoms with Crippen molar-refractivity contribution in [1.82, 2.24) is 0 Å². The Kier molecular flexibility index (Phi) is 15.6. The van der Waals surface area contributed by atoms with Crippen LogP contribution >= 0.6 is 0 Å². The first kappa shape index (κ1) is 19.2. The molecule has 0 bridgehead atoms. The molecule has 0 saturated heterocycles. The Hall–Kier alpha value is -0.820. The monoisotopic (exact) mass is 278 g/mol. The third kappa shape index (κ3) is 17.2. The maximum absolute atomic E-state index is 9.12. The van der Waals surface area contributed by atoms with Gasteiger partial charge in [0.25, 0.3) is 0 Å². The highest BCUT2D eigenvalue weighted by atomic mass is 16.3. The van der Waals surface area contributed by atoms with E-state index in [0.29, 0.717) is 0 Å². The molecule has 0 fully saturated rings. The maximum Gasteiger partial charge on any atom is 0.0512 e. The average molecular weight is 278 g/mol. The molecule has 1 heteroatoms. The predicted octanol–water partition coefficient (Wildman–Crippen LogP) is 5.96. The summed E-state index contributed by atoms with van der Waals surface area (Å²) in [5.74, 6) is 0. The molecular formula is C19H34O. The van der Waals surface area contributed by atoms with Crippen LogP contribution in [0.4, 0.5) is 0 Å². The molecule has 20 heavy (non-hydrogen) atoms. The maximum atomic E-state index is 9.12. The predicted molar refractivity (Wildman–Crippen MR) is 90.9 cm³/mol. The lowest BCUT2D eigenvalue weighted by molar-refractivity contribution is 0.181. The highest BCUT2D eigenvalue weighted by Crippen LogP contribution is 2.04. The van der Waals surface area contributed by atoms with Gasteiger partial charge in [-0.25, -0.2) is 0 Å². The molecule has 0 heterocycles. The van der Waals surface area contributed by atoms with E-state index in [2.05, 4.69) is 43.4 Å². The van der Waals surface area contributed by atoms with Crippen molar-refractivity contribution in [2.75, 3.05) is 0 Å². The van der Waals surface area contributed by atoms with Gasteiger partial charge in [0.05, 0.1) is 6.10 Å². The Morgan fingerprint density at radius 2 is 1.25 bits per heavy atom. The lowest BCUT2D eigenvalue weighted by Gasteiger charge is -2.00. The molecule has 116 valence electrons. The molecule has 0 aliphatic heterocycles. The first-order chi connectivity index (χ1) is 9.77. The molecule has 0 spiro atoms. The zero-order chi connectivity index (χ0) is 14.9. The van der Waals surface area contributed by atoms with Gasteiger partial charge in [-0.1, -0.05) is 62.6 Å². The minimum Gasteiger partial charge on any atom is -0.393 e. The average Bonchev–Trinajstić information content (AvgIpc) is 2.43. The van der Waals surface area contributed by atoms with Gasteiger partial charge in [-0.2, -0.15) is 0 Å². The van der Waals surface area contributed by atoms with Crippen molar-refractivity contribution in [2.24, 2.45) is 0 Å². The molecule has 1 N–H and O–H groups in total. The smallest absolute Gasteiger partial charge is 0.0512 e. The van der Waals surface area contributed by atoms with Crippen LogP contribution in [0.15, 0.2) is 36.5 Å². The van der Waals surface area contributed by atoms with E-state index in [1.807, 2.05) is 6.92 Å². The molecule has 0 aliphatic rings. The fourth-order valence-electron chi connectivity index (χ4n) is 1.99. The van der Waals surface area contributed by atoms with Crippen molar-refractivity contribution in [3.05, 3.63) is 36.5 Å². The number of aliphatic hydroxyl groups excluding tert-OH is 1. The topological polar surface area (TPSA) is 20.2 Å². The van der Waals surface area contributed by atoms with Gasteiger partial charge in [-0.15, -0.1) is 0 Å². The summed E-state index contributed by atoms with van der Waals surface area (Å²) in [6, 6.07) is 0. The molecule has 0 aliphatic carbocycles. The van der Waals surface area contributed by atoms with Gasteiger partial charge in [0.15, 0.2) is 0 Å². The van der Waals surface area contributed by atoms with Crippen LogP contribution in [0.1, 0.15) is 78.1 Å². The van der Waals surface area contributed by atoms with E-state index in [1.54, 1.807) is 0 Å². The minimum atomic E-state index is -0.142. The molecule has 0 rings (SSSR count). The Balaban J connectivity index is 3.30. The standard InChI is InChI=1S/C19H34O/c1-3-4-5-6-7-8-9-10-11-12-13-14-15-16-17-18-19(2)20/h7-8,10-11,13-14,19-20H,3-6,9,12,15-18H2,1-2H3. The van der Waals surface area contributed by atoms with Gasteiger partial charge in [0.2, 0.25) is 0 Å². The molecule has 0 saturated carbocycles. The van der Waals surface area contributed by atoms with Gasteiger partial charge >= 0.3 is 0 Å². The van der Waals surface area contributed by atoms with Crippen molar-refractivity contribution in [2.45, 2.75) is 84.2 Å². The summed E-state index contributed by atoms with van der Waals surface area (Å²) in [6.45, 7) is 4.10. The van der Waals surface area contributed by atoms with E-state index in [1.165, 1.54) is 32.1 Å². The molecule has 1 unspecified atom stereocenters. The SMILES string of the molecule is CCCCCC=CCC=CCC=CCCCCC(C)O. The van der Waals surface area contributed by atoms with Crippen LogP contribution in [-0.2, 0) is 0 Å². The summed E-state index contributed by atoms with van der Waals surface area (Å²) >= 11 is 0. The van der Waals surface area contributed by atoms with Crippen LogP contribution < -0.4 is 0 Å². The fourth-order valence-corrected chi connectivity index (χ4v) is 1.99. The molecule has 1 atom stereocenters. The van der Waals surface area contributed by atoms with E-state index in [4.69, 9.17) is 5.11 Å². The second kappa shape index (κ2) is 16.2. The molecule has 0 radical (unpaired) electrons. The van der Waals surface area contributed by atoms with Gasteiger partial charge in [0.1, 0.15) is 0 Å². The zero-order valence-electron chi connectivity index (χ0n) is 13.6. The molecule has 0 amide bonds. The van der Waals surface area contributed by atoms with Crippen molar-refractivity contribution >= 4 is 0 Å². The third-order valence-corrected chi connectivity index (χ3v) is 3.26. The fraction of sp³-hybridized carbons (Fsp3) is 0.684. The third-order valence-electron chi connectivity index (χ3n) is 3.26. The van der Waals surface area contributed by atoms with E-state index in [-0.39, 0.29) is 6.10 Å². The van der Waals surface area contributed by atoms with Crippen molar-refractivity contribution in [3.63, 3.8) is 0 Å². The summed E-state index contributed by atoms with van der Waals surface area (Å²) in [6.07, 6.45) is 25.1. The van der Waals surface area contributed by atoms with Crippen LogP contribution in [0.3, 0.4) is 0 Å². The molecule has 0 aromatic rings. The summed E-state index contributed by atoms with van der Waals surface area (Å²) < 4.78 is 0. The first-order valence-corrected chi connectivity index (χ1v) is 8.40. The van der Waals surface area contributed by atoms with Crippen LogP contribution in [-0.4, -0.2) is 11.2 Å². The lowest BCUT2D eigenvalue weighted by Crippen LogP contribution is -1.97. The molecule has 0 aromatic carbocycles. The van der Waals surface area contributed by atoms with E-state index in [0.717, 1.165) is 32.1 Å². The highest BCUT2D eigenvalue weighted by Gasteiger charge is 1.93. The summed E-state index contributed by atoms with van der Waals surface area (Å²) in [5.41, 5.74) is 0. The number of aliphatic hydroxyl groups is 1. The van der Waals surface area contributed by atoms with Crippen LogP contribution in [0.2, 0.25) is 0 Å². The number of rotatable bonds is 13. The number of hydrogen-bond donors (Lipinski definition) is 1. The summed E-state index contributed by atoms with van der Waals surface area (Å²) in [7, 11) is 0. The molecular weight excluding hydrogens is 244 g/mol. The van der Waals surface area contributed by atoms with Crippen LogP contribution in [0, 0.1) is 0 Å². The quantitative estimate of drug-likeness (QED) is 0.326. The molecule has 0 aromatic heterocycles. The second-order valence-electron chi connectivity index (χ2n) is 5.51. The largest absolute Gasteiger partial charge is 0.393 e. The summed E-state index contributed by atoms with van der Waals surface area (Å²) in [5, 5.41) is 9.12. The Bertz CT molecular complexity index is 261. The van der Waals surface area contributed by atoms with E-state index < -0.39 is 0 Å². The highest BCUT2D eigenvalue weighted by molar-refractivity contribution is 4.97. The second-order valence-corrected chi connectivity index (χ2v) is 5.51. The minimum absolute atomic E-state index is 0.142. The zero-order valence-corrected chi connectivity index (χ0v) is 13.6. The van der Waals surface area contributed by atoms with Crippen LogP contribution in [0.5, 0.6) is 0 Å². The Morgan fingerprint density at radius 1 is 0.750 bits per heavy atom. The van der Waals surface area contributed by atoms with Gasteiger partial charge < -0.3 is 5.11 Å². The van der Waals surface area contributed by atoms with Crippen LogP contribution in [0.25, 0.3) is 0 Å². The first-order valence-electron chi connectivity index (χ1n) is 8.40. The summed E-state index contributed by atoms with van der Waals surface area (Å²) in [4.78, 5) is 0. The number of unbranched alkanes of at least 4 members (excludes halogenated alkanes) is 5. The Labute approximate surface area is 126 Å². The van der Waals surface area contributed by atoms with Crippen molar-refractivity contribution in [1.29, 1.82) is 0 Å². The van der Waals surface area contributed by atoms with Gasteiger partial charge in [0, 0.05) is 0 Å². The number of hydrogen-bond acceptors (Lipinski definition) is 1. The lowest BCUT2D eigenvalue weighted by atomic mass is 10.1. The van der Waals surface area contributed by atoms with E-state index >= 15 is 0 Å².